The topological polar surface area (TPSA) is 142 Å². The van der Waals surface area contributed by atoms with E-state index in [0.29, 0.717) is 48.0 Å². The zero-order chi connectivity index (χ0) is 26.1. The number of halogens is 1. The second-order valence-electron chi connectivity index (χ2n) is 8.82. The van der Waals surface area contributed by atoms with Gasteiger partial charge in [-0.2, -0.15) is 4.98 Å². The van der Waals surface area contributed by atoms with Crippen LogP contribution in [0.15, 0.2) is 12.3 Å². The van der Waals surface area contributed by atoms with Crippen molar-refractivity contribution in [2.24, 2.45) is 0 Å². The van der Waals surface area contributed by atoms with E-state index in [9.17, 15) is 9.59 Å². The van der Waals surface area contributed by atoms with Crippen LogP contribution in [0, 0.1) is 13.8 Å². The van der Waals surface area contributed by atoms with Crippen LogP contribution in [0.2, 0.25) is 5.15 Å². The largest absolute Gasteiger partial charge is 0.379 e. The highest BCUT2D eigenvalue weighted by Gasteiger charge is 2.37. The van der Waals surface area contributed by atoms with Crippen molar-refractivity contribution in [2.75, 3.05) is 50.0 Å². The summed E-state index contributed by atoms with van der Waals surface area (Å²) in [4.78, 5) is 47.0. The average Bonchev–Trinajstić information content (AvgIpc) is 3.53. The first-order valence-electron chi connectivity index (χ1n) is 11.9. The van der Waals surface area contributed by atoms with Crippen LogP contribution in [0.25, 0.3) is 11.6 Å². The van der Waals surface area contributed by atoms with Crippen molar-refractivity contribution < 1.29 is 14.3 Å². The van der Waals surface area contributed by atoms with Crippen LogP contribution >= 0.6 is 22.9 Å². The third-order valence-electron chi connectivity index (χ3n) is 6.31. The van der Waals surface area contributed by atoms with E-state index >= 15 is 0 Å². The number of carbonyl (C=O) groups excluding carboxylic acids is 2. The number of fused-ring (bicyclic) bond motifs is 1. The SMILES string of the molecule is Cc1nc(CN2C(=O)/C(=C\c3cc(C(=O)NCCN4CCOCC4)c[nH]3)c3c(Cl)nc(N)nc32)sc1C. The predicted molar refractivity (Wildman–Crippen MR) is 142 cm³/mol. The number of aromatic nitrogens is 4. The van der Waals surface area contributed by atoms with Gasteiger partial charge >= 0.3 is 0 Å². The summed E-state index contributed by atoms with van der Waals surface area (Å²) in [6.45, 7) is 8.61. The molecule has 0 radical (unpaired) electrons. The minimum atomic E-state index is -0.298. The molecule has 3 aromatic heterocycles. The van der Waals surface area contributed by atoms with Crippen molar-refractivity contribution in [1.82, 2.24) is 30.2 Å². The number of thiazole rings is 1. The first-order chi connectivity index (χ1) is 17.8. The fourth-order valence-electron chi connectivity index (χ4n) is 4.27. The molecule has 1 saturated heterocycles. The van der Waals surface area contributed by atoms with Gasteiger partial charge in [0, 0.05) is 42.9 Å². The third kappa shape index (κ3) is 5.37. The number of nitrogen functional groups attached to an aromatic ring is 1. The Bertz CT molecular complexity index is 1360. The number of anilines is 2. The number of hydrogen-bond donors (Lipinski definition) is 3. The molecule has 3 aromatic rings. The molecule has 5 rings (SSSR count). The molecule has 0 bridgehead atoms. The Labute approximate surface area is 222 Å². The molecule has 37 heavy (non-hydrogen) atoms. The molecular weight excluding hydrogens is 516 g/mol. The lowest BCUT2D eigenvalue weighted by Gasteiger charge is -2.26. The van der Waals surface area contributed by atoms with Gasteiger partial charge in [-0.3, -0.25) is 19.4 Å². The third-order valence-corrected chi connectivity index (χ3v) is 7.65. The maximum atomic E-state index is 13.5. The number of hydrogen-bond acceptors (Lipinski definition) is 9. The van der Waals surface area contributed by atoms with Crippen LogP contribution in [-0.4, -0.2) is 76.0 Å². The van der Waals surface area contributed by atoms with Crippen LogP contribution in [-0.2, 0) is 16.1 Å². The quantitative estimate of drug-likeness (QED) is 0.305. The molecule has 0 aromatic carbocycles. The maximum absolute atomic E-state index is 13.5. The molecule has 13 heteroatoms. The number of morpholine rings is 1. The Balaban J connectivity index is 1.35. The van der Waals surface area contributed by atoms with Gasteiger partial charge < -0.3 is 20.8 Å². The molecule has 5 heterocycles. The van der Waals surface area contributed by atoms with E-state index in [1.54, 1.807) is 18.3 Å². The molecule has 0 unspecified atom stereocenters. The van der Waals surface area contributed by atoms with Gasteiger partial charge in [-0.05, 0) is 26.0 Å². The Hall–Kier alpha value is -3.32. The lowest BCUT2D eigenvalue weighted by Crippen LogP contribution is -2.41. The Kier molecular flexibility index (Phi) is 7.24. The van der Waals surface area contributed by atoms with Crippen molar-refractivity contribution in [3.8, 4) is 0 Å². The highest BCUT2D eigenvalue weighted by Crippen LogP contribution is 2.41. The number of rotatable bonds is 7. The zero-order valence-electron chi connectivity index (χ0n) is 20.5. The summed E-state index contributed by atoms with van der Waals surface area (Å²) in [6.07, 6.45) is 3.26. The molecule has 0 spiro atoms. The van der Waals surface area contributed by atoms with E-state index in [2.05, 4.69) is 30.2 Å². The Morgan fingerprint density at radius 1 is 1.30 bits per heavy atom. The second kappa shape index (κ2) is 10.6. The molecule has 194 valence electrons. The van der Waals surface area contributed by atoms with E-state index in [1.807, 2.05) is 13.8 Å². The van der Waals surface area contributed by atoms with Gasteiger partial charge in [-0.25, -0.2) is 9.97 Å². The van der Waals surface area contributed by atoms with Gasteiger partial charge in [0.2, 0.25) is 5.95 Å². The number of ether oxygens (including phenoxy) is 1. The van der Waals surface area contributed by atoms with Crippen LogP contribution in [0.5, 0.6) is 0 Å². The van der Waals surface area contributed by atoms with E-state index in [-0.39, 0.29) is 29.5 Å². The lowest BCUT2D eigenvalue weighted by molar-refractivity contribution is -0.113. The number of carbonyl (C=O) groups is 2. The summed E-state index contributed by atoms with van der Waals surface area (Å²) in [7, 11) is 0. The molecule has 0 saturated carbocycles. The molecule has 2 aliphatic rings. The lowest BCUT2D eigenvalue weighted by atomic mass is 10.1. The molecule has 11 nitrogen and oxygen atoms in total. The van der Waals surface area contributed by atoms with E-state index in [4.69, 9.17) is 22.1 Å². The minimum Gasteiger partial charge on any atom is -0.379 e. The summed E-state index contributed by atoms with van der Waals surface area (Å²) in [6, 6.07) is 1.69. The summed E-state index contributed by atoms with van der Waals surface area (Å²) in [5, 5.41) is 3.80. The average molecular weight is 543 g/mol. The number of amides is 2. The van der Waals surface area contributed by atoms with Gasteiger partial charge in [0.05, 0.1) is 42.2 Å². The molecule has 1 fully saturated rings. The Morgan fingerprint density at radius 2 is 2.08 bits per heavy atom. The minimum absolute atomic E-state index is 0.0230. The first kappa shape index (κ1) is 25.3. The Morgan fingerprint density at radius 3 is 2.81 bits per heavy atom. The van der Waals surface area contributed by atoms with Crippen molar-refractivity contribution >= 4 is 58.2 Å². The number of nitrogens with two attached hydrogens (primary N) is 1. The van der Waals surface area contributed by atoms with Crippen LogP contribution < -0.4 is 16.0 Å². The zero-order valence-corrected chi connectivity index (χ0v) is 22.1. The van der Waals surface area contributed by atoms with Gasteiger partial charge in [0.25, 0.3) is 11.8 Å². The number of nitrogens with one attached hydrogen (secondary N) is 2. The standard InChI is InChI=1S/C24H27ClN8O3S/c1-13-14(2)37-18(29-13)12-33-21-19(20(25)30-24(26)31-21)17(23(33)35)10-16-9-15(11-28-16)22(34)27-3-4-32-5-7-36-8-6-32/h9-11,28H,3-8,12H2,1-2H3,(H,27,34)(H2,26,30,31)/b17-10-. The van der Waals surface area contributed by atoms with Crippen molar-refractivity contribution in [1.29, 1.82) is 0 Å². The molecule has 0 atom stereocenters. The van der Waals surface area contributed by atoms with Gasteiger partial charge in [0.15, 0.2) is 5.82 Å². The van der Waals surface area contributed by atoms with Crippen molar-refractivity contribution in [3.05, 3.63) is 49.8 Å². The number of nitrogens with zero attached hydrogens (tertiary/aromatic N) is 5. The number of aryl methyl sites for hydroxylation is 2. The smallest absolute Gasteiger partial charge is 0.260 e. The van der Waals surface area contributed by atoms with E-state index in [0.717, 1.165) is 35.2 Å². The van der Waals surface area contributed by atoms with E-state index in [1.165, 1.54) is 16.2 Å². The molecular formula is C24H27ClN8O3S. The fourth-order valence-corrected chi connectivity index (χ4v) is 5.47. The summed E-state index contributed by atoms with van der Waals surface area (Å²) in [5.74, 6) is -0.178. The number of H-pyrrole nitrogens is 1. The summed E-state index contributed by atoms with van der Waals surface area (Å²) >= 11 is 7.95. The monoisotopic (exact) mass is 542 g/mol. The molecule has 2 amide bonds. The van der Waals surface area contributed by atoms with Crippen LogP contribution in [0.1, 0.15) is 37.2 Å². The van der Waals surface area contributed by atoms with Crippen molar-refractivity contribution in [3.63, 3.8) is 0 Å². The maximum Gasteiger partial charge on any atom is 0.260 e. The predicted octanol–water partition coefficient (Wildman–Crippen LogP) is 2.26. The number of aromatic amines is 1. The van der Waals surface area contributed by atoms with Gasteiger partial charge in [0.1, 0.15) is 10.2 Å². The molecule has 0 aliphatic carbocycles. The summed E-state index contributed by atoms with van der Waals surface area (Å²) < 4.78 is 5.35. The fraction of sp³-hybridized carbons (Fsp3) is 0.375. The molecule has 4 N–H and O–H groups in total. The van der Waals surface area contributed by atoms with E-state index < -0.39 is 0 Å². The van der Waals surface area contributed by atoms with Crippen LogP contribution in [0.4, 0.5) is 11.8 Å². The second-order valence-corrected chi connectivity index (χ2v) is 10.5. The van der Waals surface area contributed by atoms with Gasteiger partial charge in [-0.1, -0.05) is 11.6 Å². The van der Waals surface area contributed by atoms with Gasteiger partial charge in [-0.15, -0.1) is 11.3 Å². The normalized spacial score (nSPS) is 17.0. The highest BCUT2D eigenvalue weighted by atomic mass is 35.5. The first-order valence-corrected chi connectivity index (χ1v) is 13.1. The molecule has 2 aliphatic heterocycles. The van der Waals surface area contributed by atoms with Crippen molar-refractivity contribution in [2.45, 2.75) is 20.4 Å². The van der Waals surface area contributed by atoms with Crippen LogP contribution in [0.3, 0.4) is 0 Å². The highest BCUT2D eigenvalue weighted by molar-refractivity contribution is 7.11. The summed E-state index contributed by atoms with van der Waals surface area (Å²) in [5.41, 5.74) is 8.51.